The molecule has 1 aromatic heterocycles. The van der Waals surface area contributed by atoms with Gasteiger partial charge in [-0.2, -0.15) is 0 Å². The van der Waals surface area contributed by atoms with Gasteiger partial charge in [0.2, 0.25) is 0 Å². The van der Waals surface area contributed by atoms with E-state index in [1.54, 1.807) is 24.5 Å². The molecule has 0 amide bonds. The van der Waals surface area contributed by atoms with Crippen molar-refractivity contribution in [3.63, 3.8) is 0 Å². The molecule has 4 nitrogen and oxygen atoms in total. The third-order valence-corrected chi connectivity index (χ3v) is 4.56. The second kappa shape index (κ2) is 5.44. The van der Waals surface area contributed by atoms with Crippen molar-refractivity contribution in [3.8, 4) is 0 Å². The van der Waals surface area contributed by atoms with Gasteiger partial charge in [0.1, 0.15) is 0 Å². The summed E-state index contributed by atoms with van der Waals surface area (Å²) < 4.78 is 0. The first-order valence-electron chi connectivity index (χ1n) is 6.07. The second-order valence-corrected chi connectivity index (χ2v) is 6.08. The zero-order valence-electron chi connectivity index (χ0n) is 10.8. The first-order valence-corrected chi connectivity index (χ1v) is 6.89. The van der Waals surface area contributed by atoms with Crippen LogP contribution in [0, 0.1) is 0 Å². The van der Waals surface area contributed by atoms with Crippen molar-refractivity contribution < 1.29 is 5.11 Å². The average Bonchev–Trinajstić information content (AvgIpc) is 2.72. The van der Waals surface area contributed by atoms with Gasteiger partial charge < -0.3 is 14.9 Å². The number of likely N-dealkylation sites (N-methyl/N-ethyl adjacent to an activating group) is 2. The van der Waals surface area contributed by atoms with Crippen LogP contribution < -0.4 is 0 Å². The Morgan fingerprint density at radius 3 is 2.94 bits per heavy atom. The summed E-state index contributed by atoms with van der Waals surface area (Å²) in [6.07, 6.45) is 2.39. The van der Waals surface area contributed by atoms with Crippen LogP contribution in [0.1, 0.15) is 22.9 Å². The summed E-state index contributed by atoms with van der Waals surface area (Å²) in [6.45, 7) is 5.15. The third-order valence-electron chi connectivity index (χ3n) is 3.37. The Morgan fingerprint density at radius 1 is 1.53 bits per heavy atom. The Labute approximate surface area is 107 Å². The highest BCUT2D eigenvalue weighted by Crippen LogP contribution is 2.22. The second-order valence-electron chi connectivity index (χ2n) is 4.93. The molecule has 5 heteroatoms. The van der Waals surface area contributed by atoms with Crippen molar-refractivity contribution in [2.75, 3.05) is 33.7 Å². The quantitative estimate of drug-likeness (QED) is 0.874. The van der Waals surface area contributed by atoms with Crippen LogP contribution in [-0.4, -0.2) is 59.7 Å². The molecule has 2 unspecified atom stereocenters. The van der Waals surface area contributed by atoms with Gasteiger partial charge in [-0.05, 0) is 21.0 Å². The van der Waals surface area contributed by atoms with E-state index in [-0.39, 0.29) is 0 Å². The lowest BCUT2D eigenvalue weighted by atomic mass is 10.1. The highest BCUT2D eigenvalue weighted by atomic mass is 32.1. The number of aliphatic hydroxyl groups is 1. The normalized spacial score (nSPS) is 25.1. The Hall–Kier alpha value is -0.490. The minimum atomic E-state index is -0.395. The Morgan fingerprint density at radius 2 is 2.29 bits per heavy atom. The molecule has 0 radical (unpaired) electrons. The SMILES string of the molecule is CC(O)c1cnc(CC2CN(C)CCN2C)s1. The smallest absolute Gasteiger partial charge is 0.0944 e. The summed E-state index contributed by atoms with van der Waals surface area (Å²) in [4.78, 5) is 10.1. The molecule has 1 aliphatic rings. The fourth-order valence-electron chi connectivity index (χ4n) is 2.14. The average molecular weight is 255 g/mol. The van der Waals surface area contributed by atoms with Crippen LogP contribution in [0.4, 0.5) is 0 Å². The van der Waals surface area contributed by atoms with Crippen LogP contribution in [-0.2, 0) is 6.42 Å². The number of hydrogen-bond acceptors (Lipinski definition) is 5. The third kappa shape index (κ3) is 3.25. The van der Waals surface area contributed by atoms with Gasteiger partial charge in [0, 0.05) is 38.3 Å². The molecule has 1 saturated heterocycles. The molecule has 1 fully saturated rings. The predicted octanol–water partition coefficient (Wildman–Crippen LogP) is 0.985. The van der Waals surface area contributed by atoms with Gasteiger partial charge in [-0.25, -0.2) is 4.98 Å². The van der Waals surface area contributed by atoms with Crippen LogP contribution in [0.3, 0.4) is 0 Å². The fraction of sp³-hybridized carbons (Fsp3) is 0.750. The fourth-order valence-corrected chi connectivity index (χ4v) is 3.06. The Bertz CT molecular complexity index is 366. The minimum Gasteiger partial charge on any atom is -0.388 e. The number of thiazole rings is 1. The first kappa shape index (κ1) is 13.0. The zero-order chi connectivity index (χ0) is 12.4. The monoisotopic (exact) mass is 255 g/mol. The van der Waals surface area contributed by atoms with Gasteiger partial charge in [-0.1, -0.05) is 0 Å². The van der Waals surface area contributed by atoms with Crippen molar-refractivity contribution in [1.82, 2.24) is 14.8 Å². The number of piperazine rings is 1. The highest BCUT2D eigenvalue weighted by molar-refractivity contribution is 7.11. The predicted molar refractivity (Wildman–Crippen MR) is 70.4 cm³/mol. The zero-order valence-corrected chi connectivity index (χ0v) is 11.6. The van der Waals surface area contributed by atoms with E-state index in [4.69, 9.17) is 0 Å². The molecule has 2 rings (SSSR count). The molecule has 1 N–H and O–H groups in total. The van der Waals surface area contributed by atoms with E-state index in [0.717, 1.165) is 35.9 Å². The highest BCUT2D eigenvalue weighted by Gasteiger charge is 2.23. The van der Waals surface area contributed by atoms with E-state index in [0.29, 0.717) is 6.04 Å². The molecule has 0 aliphatic carbocycles. The van der Waals surface area contributed by atoms with Gasteiger partial charge in [0.25, 0.3) is 0 Å². The summed E-state index contributed by atoms with van der Waals surface area (Å²) in [7, 11) is 4.35. The molecule has 2 heterocycles. The van der Waals surface area contributed by atoms with Crippen LogP contribution in [0.2, 0.25) is 0 Å². The van der Waals surface area contributed by atoms with Gasteiger partial charge in [-0.15, -0.1) is 11.3 Å². The van der Waals surface area contributed by atoms with Crippen LogP contribution >= 0.6 is 11.3 Å². The number of nitrogens with zero attached hydrogens (tertiary/aromatic N) is 3. The lowest BCUT2D eigenvalue weighted by Gasteiger charge is -2.37. The summed E-state index contributed by atoms with van der Waals surface area (Å²) in [5.74, 6) is 0. The Balaban J connectivity index is 1.98. The van der Waals surface area contributed by atoms with Crippen molar-refractivity contribution in [2.45, 2.75) is 25.5 Å². The molecule has 96 valence electrons. The summed E-state index contributed by atoms with van der Waals surface area (Å²) in [5, 5.41) is 10.6. The summed E-state index contributed by atoms with van der Waals surface area (Å²) in [5.41, 5.74) is 0. The lowest BCUT2D eigenvalue weighted by molar-refractivity contribution is 0.114. The van der Waals surface area contributed by atoms with E-state index in [9.17, 15) is 5.11 Å². The van der Waals surface area contributed by atoms with Gasteiger partial charge >= 0.3 is 0 Å². The van der Waals surface area contributed by atoms with E-state index < -0.39 is 6.10 Å². The van der Waals surface area contributed by atoms with Crippen LogP contribution in [0.25, 0.3) is 0 Å². The van der Waals surface area contributed by atoms with Gasteiger partial charge in [0.15, 0.2) is 0 Å². The largest absolute Gasteiger partial charge is 0.388 e. The molecule has 0 bridgehead atoms. The number of rotatable bonds is 3. The minimum absolute atomic E-state index is 0.395. The number of aliphatic hydroxyl groups excluding tert-OH is 1. The Kier molecular flexibility index (Phi) is 4.14. The summed E-state index contributed by atoms with van der Waals surface area (Å²) >= 11 is 1.63. The van der Waals surface area contributed by atoms with Crippen molar-refractivity contribution >= 4 is 11.3 Å². The van der Waals surface area contributed by atoms with Crippen molar-refractivity contribution in [1.29, 1.82) is 0 Å². The molecular formula is C12H21N3OS. The van der Waals surface area contributed by atoms with E-state index in [1.807, 2.05) is 0 Å². The molecule has 0 spiro atoms. The van der Waals surface area contributed by atoms with Crippen LogP contribution in [0.15, 0.2) is 6.20 Å². The standard InChI is InChI=1S/C12H21N3OS/c1-9(16)11-7-13-12(17-11)6-10-8-14(2)4-5-15(10)3/h7,9-10,16H,4-6,8H2,1-3H3. The number of aromatic nitrogens is 1. The molecule has 1 aromatic rings. The van der Waals surface area contributed by atoms with E-state index >= 15 is 0 Å². The molecule has 1 aliphatic heterocycles. The lowest BCUT2D eigenvalue weighted by Crippen LogP contribution is -2.50. The van der Waals surface area contributed by atoms with Crippen molar-refractivity contribution in [3.05, 3.63) is 16.1 Å². The van der Waals surface area contributed by atoms with Crippen LogP contribution in [0.5, 0.6) is 0 Å². The van der Waals surface area contributed by atoms with E-state index in [2.05, 4.69) is 28.9 Å². The molecule has 17 heavy (non-hydrogen) atoms. The summed E-state index contributed by atoms with van der Waals surface area (Å²) in [6, 6.07) is 0.543. The molecule has 0 aromatic carbocycles. The maximum Gasteiger partial charge on any atom is 0.0944 e. The maximum atomic E-state index is 9.49. The van der Waals surface area contributed by atoms with Gasteiger partial charge in [0.05, 0.1) is 16.0 Å². The molecule has 0 saturated carbocycles. The molecule has 2 atom stereocenters. The van der Waals surface area contributed by atoms with E-state index in [1.165, 1.54) is 0 Å². The number of hydrogen-bond donors (Lipinski definition) is 1. The first-order chi connectivity index (χ1) is 8.06. The topological polar surface area (TPSA) is 39.6 Å². The van der Waals surface area contributed by atoms with Gasteiger partial charge in [-0.3, -0.25) is 0 Å². The molecular weight excluding hydrogens is 234 g/mol. The maximum absolute atomic E-state index is 9.49. The van der Waals surface area contributed by atoms with Crippen molar-refractivity contribution in [2.24, 2.45) is 0 Å².